The van der Waals surface area contributed by atoms with Crippen LogP contribution in [0.1, 0.15) is 39.5 Å². The van der Waals surface area contributed by atoms with Gasteiger partial charge in [0.2, 0.25) is 0 Å². The predicted molar refractivity (Wildman–Crippen MR) is 79.6 cm³/mol. The van der Waals surface area contributed by atoms with Gasteiger partial charge in [0.1, 0.15) is 0 Å². The van der Waals surface area contributed by atoms with Crippen LogP contribution in [0.15, 0.2) is 0 Å². The summed E-state index contributed by atoms with van der Waals surface area (Å²) in [6.07, 6.45) is 4.21. The Morgan fingerprint density at radius 3 is 2.68 bits per heavy atom. The number of aliphatic hydroxyl groups is 1. The number of rotatable bonds is 4. The standard InChI is InChI=1S/C15H28O3S/c1-12(2)15(16,11-17-3)13-4-7-18-14(10-13)5-8-19-9-6-14/h12-13,16H,4-11H2,1-3H3. The third-order valence-corrected chi connectivity index (χ3v) is 5.96. The summed E-state index contributed by atoms with van der Waals surface area (Å²) in [7, 11) is 1.68. The van der Waals surface area contributed by atoms with Crippen LogP contribution < -0.4 is 0 Å². The topological polar surface area (TPSA) is 38.7 Å². The van der Waals surface area contributed by atoms with Gasteiger partial charge in [0.15, 0.2) is 0 Å². The van der Waals surface area contributed by atoms with Gasteiger partial charge in [-0.1, -0.05) is 13.8 Å². The molecule has 2 aliphatic rings. The van der Waals surface area contributed by atoms with E-state index >= 15 is 0 Å². The Labute approximate surface area is 121 Å². The van der Waals surface area contributed by atoms with Crippen molar-refractivity contribution in [2.45, 2.75) is 50.7 Å². The van der Waals surface area contributed by atoms with Crippen molar-refractivity contribution in [3.63, 3.8) is 0 Å². The summed E-state index contributed by atoms with van der Waals surface area (Å²) in [5, 5.41) is 11.0. The summed E-state index contributed by atoms with van der Waals surface area (Å²) in [4.78, 5) is 0. The molecule has 3 nitrogen and oxygen atoms in total. The van der Waals surface area contributed by atoms with Gasteiger partial charge < -0.3 is 14.6 Å². The van der Waals surface area contributed by atoms with Crippen molar-refractivity contribution in [3.8, 4) is 0 Å². The number of methoxy groups -OCH3 is 1. The van der Waals surface area contributed by atoms with Crippen LogP contribution in [0.5, 0.6) is 0 Å². The lowest BCUT2D eigenvalue weighted by Gasteiger charge is -2.49. The third-order valence-electron chi connectivity index (χ3n) is 4.98. The lowest BCUT2D eigenvalue weighted by Crippen LogP contribution is -2.54. The van der Waals surface area contributed by atoms with Crippen LogP contribution in [0.2, 0.25) is 0 Å². The molecule has 1 N–H and O–H groups in total. The van der Waals surface area contributed by atoms with Crippen LogP contribution in [-0.2, 0) is 9.47 Å². The van der Waals surface area contributed by atoms with Crippen molar-refractivity contribution in [1.29, 1.82) is 0 Å². The summed E-state index contributed by atoms with van der Waals surface area (Å²) < 4.78 is 11.4. The second-order valence-corrected chi connectivity index (χ2v) is 7.64. The molecular weight excluding hydrogens is 260 g/mol. The number of thioether (sulfide) groups is 1. The van der Waals surface area contributed by atoms with E-state index in [1.807, 2.05) is 11.8 Å². The Kier molecular flexibility index (Phi) is 5.21. The summed E-state index contributed by atoms with van der Waals surface area (Å²) in [5.41, 5.74) is -0.680. The van der Waals surface area contributed by atoms with Crippen LogP contribution in [0.25, 0.3) is 0 Å². The number of ether oxygens (including phenoxy) is 2. The molecule has 2 fully saturated rings. The molecule has 2 rings (SSSR count). The van der Waals surface area contributed by atoms with Crippen LogP contribution in [0.3, 0.4) is 0 Å². The molecular formula is C15H28O3S. The molecule has 2 aliphatic heterocycles. The zero-order valence-corrected chi connectivity index (χ0v) is 13.3. The van der Waals surface area contributed by atoms with Gasteiger partial charge in [0, 0.05) is 13.7 Å². The van der Waals surface area contributed by atoms with E-state index in [1.165, 1.54) is 11.5 Å². The Morgan fingerprint density at radius 2 is 2.11 bits per heavy atom. The summed E-state index contributed by atoms with van der Waals surface area (Å²) >= 11 is 2.02. The molecule has 19 heavy (non-hydrogen) atoms. The van der Waals surface area contributed by atoms with E-state index in [0.29, 0.717) is 12.5 Å². The highest BCUT2D eigenvalue weighted by atomic mass is 32.2. The minimum atomic E-state index is -0.712. The second kappa shape index (κ2) is 6.33. The number of hydrogen-bond acceptors (Lipinski definition) is 4. The summed E-state index contributed by atoms with van der Waals surface area (Å²) in [6.45, 7) is 5.41. The normalized spacial score (nSPS) is 30.5. The molecule has 4 heteroatoms. The van der Waals surface area contributed by atoms with Gasteiger partial charge in [-0.25, -0.2) is 0 Å². The molecule has 0 aromatic rings. The van der Waals surface area contributed by atoms with Gasteiger partial charge in [-0.15, -0.1) is 0 Å². The predicted octanol–water partition coefficient (Wildman–Crippen LogP) is 2.71. The van der Waals surface area contributed by atoms with E-state index < -0.39 is 5.60 Å². The fourth-order valence-corrected chi connectivity index (χ4v) is 4.77. The van der Waals surface area contributed by atoms with Crippen molar-refractivity contribution in [2.75, 3.05) is 31.8 Å². The fraction of sp³-hybridized carbons (Fsp3) is 1.00. The molecule has 1 spiro atoms. The molecule has 0 bridgehead atoms. The van der Waals surface area contributed by atoms with Gasteiger partial charge in [0.05, 0.1) is 17.8 Å². The maximum absolute atomic E-state index is 11.0. The van der Waals surface area contributed by atoms with Crippen LogP contribution in [0.4, 0.5) is 0 Å². The molecule has 0 aromatic heterocycles. The Balaban J connectivity index is 2.10. The van der Waals surface area contributed by atoms with E-state index in [1.54, 1.807) is 7.11 Å². The molecule has 0 radical (unpaired) electrons. The van der Waals surface area contributed by atoms with Crippen molar-refractivity contribution >= 4 is 11.8 Å². The van der Waals surface area contributed by atoms with Crippen molar-refractivity contribution < 1.29 is 14.6 Å². The molecule has 0 saturated carbocycles. The van der Waals surface area contributed by atoms with Crippen molar-refractivity contribution in [2.24, 2.45) is 11.8 Å². The zero-order chi connectivity index (χ0) is 13.9. The first-order valence-electron chi connectivity index (χ1n) is 7.45. The lowest BCUT2D eigenvalue weighted by atomic mass is 9.70. The van der Waals surface area contributed by atoms with E-state index in [0.717, 1.165) is 32.3 Å². The SMILES string of the molecule is COCC(O)(C(C)C)C1CCOC2(CCSCC2)C1. The van der Waals surface area contributed by atoms with E-state index in [-0.39, 0.29) is 11.5 Å². The molecule has 112 valence electrons. The maximum atomic E-state index is 11.0. The first-order chi connectivity index (χ1) is 9.02. The first kappa shape index (κ1) is 15.6. The maximum Gasteiger partial charge on any atom is 0.0932 e. The quantitative estimate of drug-likeness (QED) is 0.863. The van der Waals surface area contributed by atoms with Gasteiger partial charge in [-0.05, 0) is 49.0 Å². The zero-order valence-electron chi connectivity index (χ0n) is 12.5. The Morgan fingerprint density at radius 1 is 1.42 bits per heavy atom. The average molecular weight is 288 g/mol. The highest BCUT2D eigenvalue weighted by Crippen LogP contribution is 2.44. The molecule has 2 saturated heterocycles. The smallest absolute Gasteiger partial charge is 0.0932 e. The molecule has 2 atom stereocenters. The monoisotopic (exact) mass is 288 g/mol. The van der Waals surface area contributed by atoms with Gasteiger partial charge >= 0.3 is 0 Å². The highest BCUT2D eigenvalue weighted by molar-refractivity contribution is 7.99. The van der Waals surface area contributed by atoms with E-state index in [4.69, 9.17) is 9.47 Å². The Hall–Kier alpha value is 0.230. The molecule has 0 aromatic carbocycles. The minimum Gasteiger partial charge on any atom is -0.387 e. The van der Waals surface area contributed by atoms with Crippen LogP contribution in [0, 0.1) is 11.8 Å². The largest absolute Gasteiger partial charge is 0.387 e. The van der Waals surface area contributed by atoms with Gasteiger partial charge in [0.25, 0.3) is 0 Å². The average Bonchev–Trinajstić information content (AvgIpc) is 2.39. The minimum absolute atomic E-state index is 0.0325. The molecule has 0 aliphatic carbocycles. The molecule has 2 unspecified atom stereocenters. The van der Waals surface area contributed by atoms with E-state index in [9.17, 15) is 5.11 Å². The van der Waals surface area contributed by atoms with Gasteiger partial charge in [-0.3, -0.25) is 0 Å². The van der Waals surface area contributed by atoms with Crippen LogP contribution >= 0.6 is 11.8 Å². The first-order valence-corrected chi connectivity index (χ1v) is 8.61. The number of hydrogen-bond donors (Lipinski definition) is 1. The summed E-state index contributed by atoms with van der Waals surface area (Å²) in [6, 6.07) is 0. The van der Waals surface area contributed by atoms with Crippen LogP contribution in [-0.4, -0.2) is 48.1 Å². The van der Waals surface area contributed by atoms with Gasteiger partial charge in [-0.2, -0.15) is 11.8 Å². The Bertz CT molecular complexity index is 284. The van der Waals surface area contributed by atoms with E-state index in [2.05, 4.69) is 13.8 Å². The fourth-order valence-electron chi connectivity index (χ4n) is 3.53. The van der Waals surface area contributed by atoms with Crippen molar-refractivity contribution in [1.82, 2.24) is 0 Å². The molecule has 2 heterocycles. The lowest BCUT2D eigenvalue weighted by molar-refractivity contribution is -0.174. The summed E-state index contributed by atoms with van der Waals surface area (Å²) in [5.74, 6) is 2.89. The molecule has 0 amide bonds. The van der Waals surface area contributed by atoms with Crippen molar-refractivity contribution in [3.05, 3.63) is 0 Å². The highest BCUT2D eigenvalue weighted by Gasteiger charge is 2.47. The third kappa shape index (κ3) is 3.29. The second-order valence-electron chi connectivity index (χ2n) is 6.41.